The van der Waals surface area contributed by atoms with E-state index in [-0.39, 0.29) is 0 Å². The van der Waals surface area contributed by atoms with E-state index >= 15 is 0 Å². The first-order valence-electron chi connectivity index (χ1n) is 10.1. The first kappa shape index (κ1) is 22.6. The highest BCUT2D eigenvalue weighted by atomic mass is 16.5. The molecule has 2 rings (SSSR count). The lowest BCUT2D eigenvalue weighted by molar-refractivity contribution is 0.117. The van der Waals surface area contributed by atoms with Crippen LogP contribution in [0.5, 0.6) is 11.5 Å². The molecule has 0 atom stereocenters. The summed E-state index contributed by atoms with van der Waals surface area (Å²) in [7, 11) is 3.27. The second-order valence-electron chi connectivity index (χ2n) is 6.56. The molecule has 2 aromatic rings. The van der Waals surface area contributed by atoms with Gasteiger partial charge in [0, 0.05) is 19.7 Å². The molecule has 29 heavy (non-hydrogen) atoms. The maximum atomic E-state index is 5.72. The fraction of sp³-hybridized carbons (Fsp3) is 0.435. The summed E-state index contributed by atoms with van der Waals surface area (Å²) in [6.07, 6.45) is 2.03. The van der Waals surface area contributed by atoms with Crippen molar-refractivity contribution >= 4 is 5.96 Å². The average Bonchev–Trinajstić information content (AvgIpc) is 2.77. The summed E-state index contributed by atoms with van der Waals surface area (Å²) in [5, 5.41) is 6.66. The Kier molecular flexibility index (Phi) is 10.5. The number of hydrogen-bond donors (Lipinski definition) is 2. The van der Waals surface area contributed by atoms with Crippen LogP contribution in [-0.4, -0.2) is 39.9 Å². The number of ether oxygens (including phenoxy) is 3. The first-order chi connectivity index (χ1) is 14.3. The molecule has 0 aliphatic carbocycles. The zero-order valence-electron chi connectivity index (χ0n) is 17.7. The number of benzene rings is 2. The molecule has 0 saturated carbocycles. The Hall–Kier alpha value is -2.73. The molecule has 0 radical (unpaired) electrons. The van der Waals surface area contributed by atoms with Crippen LogP contribution in [0, 0.1) is 0 Å². The molecule has 0 amide bonds. The van der Waals surface area contributed by atoms with Crippen LogP contribution in [0.25, 0.3) is 0 Å². The number of rotatable bonds is 12. The Balaban J connectivity index is 1.70. The Morgan fingerprint density at radius 3 is 2.41 bits per heavy atom. The third-order valence-corrected chi connectivity index (χ3v) is 4.33. The van der Waals surface area contributed by atoms with Gasteiger partial charge in [0.25, 0.3) is 0 Å². The van der Waals surface area contributed by atoms with Crippen LogP contribution in [0.15, 0.2) is 53.5 Å². The van der Waals surface area contributed by atoms with Gasteiger partial charge >= 0.3 is 0 Å². The van der Waals surface area contributed by atoms with Gasteiger partial charge in [0.2, 0.25) is 0 Å². The highest BCUT2D eigenvalue weighted by molar-refractivity contribution is 5.79. The zero-order valence-corrected chi connectivity index (χ0v) is 17.7. The van der Waals surface area contributed by atoms with Gasteiger partial charge in [-0.25, -0.2) is 4.99 Å². The minimum Gasteiger partial charge on any atom is -0.493 e. The van der Waals surface area contributed by atoms with Gasteiger partial charge in [-0.15, -0.1) is 0 Å². The molecule has 2 N–H and O–H groups in total. The minimum absolute atomic E-state index is 0.565. The van der Waals surface area contributed by atoms with Crippen molar-refractivity contribution in [1.82, 2.24) is 10.6 Å². The fourth-order valence-electron chi connectivity index (χ4n) is 2.79. The fourth-order valence-corrected chi connectivity index (χ4v) is 2.79. The molecule has 0 aliphatic rings. The highest BCUT2D eigenvalue weighted by Crippen LogP contribution is 2.27. The van der Waals surface area contributed by atoms with Crippen LogP contribution < -0.4 is 20.1 Å². The van der Waals surface area contributed by atoms with Crippen molar-refractivity contribution in [2.45, 2.75) is 32.9 Å². The summed E-state index contributed by atoms with van der Waals surface area (Å²) in [6, 6.07) is 16.1. The highest BCUT2D eigenvalue weighted by Gasteiger charge is 2.04. The predicted molar refractivity (Wildman–Crippen MR) is 118 cm³/mol. The number of guanidine groups is 1. The van der Waals surface area contributed by atoms with Gasteiger partial charge in [0.05, 0.1) is 27.4 Å². The Labute approximate surface area is 174 Å². The molecular weight excluding hydrogens is 366 g/mol. The predicted octanol–water partition coefficient (Wildman–Crippen LogP) is 3.76. The number of nitrogens with one attached hydrogen (secondary N) is 2. The molecule has 158 valence electrons. The molecule has 0 heterocycles. The van der Waals surface area contributed by atoms with E-state index in [2.05, 4.69) is 34.7 Å². The standard InChI is InChI=1S/C23H33N3O3/c1-4-24-23(26-17-20-12-13-21(27-2)22(16-20)28-3)25-14-8-9-15-29-18-19-10-6-5-7-11-19/h5-7,10-13,16H,4,8-9,14-15,17-18H2,1-3H3,(H2,24,25,26). The first-order valence-corrected chi connectivity index (χ1v) is 10.1. The smallest absolute Gasteiger partial charge is 0.191 e. The third kappa shape index (κ3) is 8.44. The SMILES string of the molecule is CCNC(=NCc1ccc(OC)c(OC)c1)NCCCCOCc1ccccc1. The van der Waals surface area contributed by atoms with Gasteiger partial charge in [-0.2, -0.15) is 0 Å². The molecule has 0 bridgehead atoms. The van der Waals surface area contributed by atoms with Crippen molar-refractivity contribution in [2.75, 3.05) is 33.9 Å². The number of hydrogen-bond acceptors (Lipinski definition) is 4. The summed E-state index contributed by atoms with van der Waals surface area (Å²) in [5.41, 5.74) is 2.27. The summed E-state index contributed by atoms with van der Waals surface area (Å²) in [4.78, 5) is 4.66. The van der Waals surface area contributed by atoms with Gasteiger partial charge < -0.3 is 24.8 Å². The van der Waals surface area contributed by atoms with E-state index < -0.39 is 0 Å². The quantitative estimate of drug-likeness (QED) is 0.323. The van der Waals surface area contributed by atoms with Crippen molar-refractivity contribution in [3.63, 3.8) is 0 Å². The van der Waals surface area contributed by atoms with E-state index in [0.29, 0.717) is 18.9 Å². The lowest BCUT2D eigenvalue weighted by Gasteiger charge is -2.12. The van der Waals surface area contributed by atoms with Crippen LogP contribution in [0.4, 0.5) is 0 Å². The molecule has 0 aliphatic heterocycles. The van der Waals surface area contributed by atoms with E-state index in [1.165, 1.54) is 5.56 Å². The van der Waals surface area contributed by atoms with Crippen molar-refractivity contribution in [1.29, 1.82) is 0 Å². The molecular formula is C23H33N3O3. The molecule has 2 aromatic carbocycles. The van der Waals surface area contributed by atoms with E-state index in [0.717, 1.165) is 49.8 Å². The topological polar surface area (TPSA) is 64.1 Å². The summed E-state index contributed by atoms with van der Waals surface area (Å²) < 4.78 is 16.4. The lowest BCUT2D eigenvalue weighted by Crippen LogP contribution is -2.37. The van der Waals surface area contributed by atoms with Gasteiger partial charge in [0.1, 0.15) is 0 Å². The Morgan fingerprint density at radius 2 is 1.69 bits per heavy atom. The van der Waals surface area contributed by atoms with E-state index in [1.54, 1.807) is 14.2 Å². The van der Waals surface area contributed by atoms with Gasteiger partial charge in [-0.05, 0) is 43.0 Å². The van der Waals surface area contributed by atoms with Crippen LogP contribution in [0.1, 0.15) is 30.9 Å². The van der Waals surface area contributed by atoms with Crippen LogP contribution in [0.3, 0.4) is 0 Å². The molecule has 0 fully saturated rings. The third-order valence-electron chi connectivity index (χ3n) is 4.33. The van der Waals surface area contributed by atoms with E-state index in [9.17, 15) is 0 Å². The van der Waals surface area contributed by atoms with Crippen molar-refractivity contribution in [2.24, 2.45) is 4.99 Å². The largest absolute Gasteiger partial charge is 0.493 e. The molecule has 0 unspecified atom stereocenters. The number of nitrogens with zero attached hydrogens (tertiary/aromatic N) is 1. The van der Waals surface area contributed by atoms with Gasteiger partial charge in [0.15, 0.2) is 17.5 Å². The normalized spacial score (nSPS) is 11.2. The van der Waals surface area contributed by atoms with Crippen LogP contribution >= 0.6 is 0 Å². The Morgan fingerprint density at radius 1 is 0.897 bits per heavy atom. The average molecular weight is 400 g/mol. The molecule has 6 heteroatoms. The maximum absolute atomic E-state index is 5.72. The van der Waals surface area contributed by atoms with E-state index in [4.69, 9.17) is 14.2 Å². The van der Waals surface area contributed by atoms with Crippen molar-refractivity contribution < 1.29 is 14.2 Å². The summed E-state index contributed by atoms with van der Waals surface area (Å²) >= 11 is 0. The van der Waals surface area contributed by atoms with E-state index in [1.807, 2.05) is 36.4 Å². The maximum Gasteiger partial charge on any atom is 0.191 e. The lowest BCUT2D eigenvalue weighted by atomic mass is 10.2. The summed E-state index contributed by atoms with van der Waals surface area (Å²) in [5.74, 6) is 2.25. The van der Waals surface area contributed by atoms with Crippen LogP contribution in [0.2, 0.25) is 0 Å². The van der Waals surface area contributed by atoms with Crippen molar-refractivity contribution in [3.05, 3.63) is 59.7 Å². The second-order valence-corrected chi connectivity index (χ2v) is 6.56. The number of unbranched alkanes of at least 4 members (excludes halogenated alkanes) is 1. The molecule has 6 nitrogen and oxygen atoms in total. The second kappa shape index (κ2) is 13.4. The number of methoxy groups -OCH3 is 2. The van der Waals surface area contributed by atoms with Gasteiger partial charge in [-0.1, -0.05) is 36.4 Å². The van der Waals surface area contributed by atoms with Gasteiger partial charge in [-0.3, -0.25) is 0 Å². The monoisotopic (exact) mass is 399 g/mol. The Bertz CT molecular complexity index is 735. The zero-order chi connectivity index (χ0) is 20.7. The number of aliphatic imine (C=N–C) groups is 1. The minimum atomic E-state index is 0.565. The van der Waals surface area contributed by atoms with Crippen LogP contribution in [-0.2, 0) is 17.9 Å². The van der Waals surface area contributed by atoms with Crippen molar-refractivity contribution in [3.8, 4) is 11.5 Å². The molecule has 0 aromatic heterocycles. The summed E-state index contributed by atoms with van der Waals surface area (Å²) in [6.45, 7) is 5.73. The molecule has 0 saturated heterocycles. The molecule has 0 spiro atoms.